The Bertz CT molecular complexity index is 273. The second kappa shape index (κ2) is 4.06. The van der Waals surface area contributed by atoms with Crippen molar-refractivity contribution in [2.24, 2.45) is 0 Å². The zero-order valence-electron chi connectivity index (χ0n) is 7.17. The van der Waals surface area contributed by atoms with E-state index in [-0.39, 0.29) is 0 Å². The SMILES string of the molecule is CC(C)Sc1cccc(N)c1Cl. The number of benzene rings is 1. The smallest absolute Gasteiger partial charge is 0.0771 e. The maximum atomic E-state index is 5.99. The summed E-state index contributed by atoms with van der Waals surface area (Å²) in [6.45, 7) is 4.26. The Morgan fingerprint density at radius 2 is 2.08 bits per heavy atom. The minimum absolute atomic E-state index is 0.532. The fourth-order valence-corrected chi connectivity index (χ4v) is 2.02. The highest BCUT2D eigenvalue weighted by Crippen LogP contribution is 2.33. The number of hydrogen-bond donors (Lipinski definition) is 1. The van der Waals surface area contributed by atoms with E-state index < -0.39 is 0 Å². The molecule has 2 N–H and O–H groups in total. The van der Waals surface area contributed by atoms with Crippen LogP contribution in [0, 0.1) is 0 Å². The van der Waals surface area contributed by atoms with Crippen LogP contribution >= 0.6 is 23.4 Å². The number of anilines is 1. The third-order valence-electron chi connectivity index (χ3n) is 1.36. The number of rotatable bonds is 2. The summed E-state index contributed by atoms with van der Waals surface area (Å²) in [5.41, 5.74) is 6.31. The Hall–Kier alpha value is -0.340. The van der Waals surface area contributed by atoms with Gasteiger partial charge in [0.2, 0.25) is 0 Å². The molecule has 0 saturated carbocycles. The molecule has 12 heavy (non-hydrogen) atoms. The van der Waals surface area contributed by atoms with Gasteiger partial charge in [0.05, 0.1) is 10.7 Å². The van der Waals surface area contributed by atoms with Crippen LogP contribution in [0.25, 0.3) is 0 Å². The summed E-state index contributed by atoms with van der Waals surface area (Å²) < 4.78 is 0. The largest absolute Gasteiger partial charge is 0.397 e. The standard InChI is InChI=1S/C9H12ClNS/c1-6(2)12-8-5-3-4-7(11)9(8)10/h3-6H,11H2,1-2H3. The molecule has 1 aromatic carbocycles. The van der Waals surface area contributed by atoms with E-state index in [0.29, 0.717) is 16.0 Å². The topological polar surface area (TPSA) is 26.0 Å². The zero-order chi connectivity index (χ0) is 9.14. The fraction of sp³-hybridized carbons (Fsp3) is 0.333. The first-order valence-electron chi connectivity index (χ1n) is 3.82. The second-order valence-corrected chi connectivity index (χ2v) is 4.82. The van der Waals surface area contributed by atoms with Crippen LogP contribution in [0.2, 0.25) is 5.02 Å². The van der Waals surface area contributed by atoms with E-state index in [1.54, 1.807) is 11.8 Å². The Labute approximate surface area is 82.3 Å². The maximum absolute atomic E-state index is 5.99. The molecule has 0 atom stereocenters. The molecule has 1 rings (SSSR count). The summed E-state index contributed by atoms with van der Waals surface area (Å²) >= 11 is 7.72. The molecular weight excluding hydrogens is 190 g/mol. The van der Waals surface area contributed by atoms with E-state index in [0.717, 1.165) is 4.90 Å². The molecule has 0 amide bonds. The van der Waals surface area contributed by atoms with Crippen molar-refractivity contribution >= 4 is 29.1 Å². The van der Waals surface area contributed by atoms with Gasteiger partial charge in [-0.25, -0.2) is 0 Å². The summed E-state index contributed by atoms with van der Waals surface area (Å²) in [6.07, 6.45) is 0. The zero-order valence-corrected chi connectivity index (χ0v) is 8.75. The predicted molar refractivity (Wildman–Crippen MR) is 56.9 cm³/mol. The van der Waals surface area contributed by atoms with Crippen LogP contribution in [0.5, 0.6) is 0 Å². The molecule has 0 radical (unpaired) electrons. The maximum Gasteiger partial charge on any atom is 0.0771 e. The van der Waals surface area contributed by atoms with Crippen molar-refractivity contribution in [3.8, 4) is 0 Å². The summed E-state index contributed by atoms with van der Waals surface area (Å²) in [5.74, 6) is 0. The van der Waals surface area contributed by atoms with Crippen LogP contribution in [0.15, 0.2) is 23.1 Å². The molecule has 0 aliphatic rings. The van der Waals surface area contributed by atoms with Crippen molar-refractivity contribution in [2.75, 3.05) is 5.73 Å². The van der Waals surface area contributed by atoms with Crippen molar-refractivity contribution in [3.05, 3.63) is 23.2 Å². The second-order valence-electron chi connectivity index (χ2n) is 2.83. The molecule has 0 aromatic heterocycles. The van der Waals surface area contributed by atoms with Gasteiger partial charge in [0, 0.05) is 10.1 Å². The van der Waals surface area contributed by atoms with Crippen LogP contribution in [0.4, 0.5) is 5.69 Å². The Morgan fingerprint density at radius 3 is 2.67 bits per heavy atom. The van der Waals surface area contributed by atoms with Crippen molar-refractivity contribution in [1.82, 2.24) is 0 Å². The average Bonchev–Trinajstić information content (AvgIpc) is 1.98. The van der Waals surface area contributed by atoms with Gasteiger partial charge in [-0.2, -0.15) is 0 Å². The van der Waals surface area contributed by atoms with Crippen LogP contribution < -0.4 is 5.73 Å². The summed E-state index contributed by atoms with van der Waals surface area (Å²) in [7, 11) is 0. The van der Waals surface area contributed by atoms with Gasteiger partial charge in [0.15, 0.2) is 0 Å². The van der Waals surface area contributed by atoms with Gasteiger partial charge >= 0.3 is 0 Å². The highest BCUT2D eigenvalue weighted by atomic mass is 35.5. The highest BCUT2D eigenvalue weighted by molar-refractivity contribution is 8.00. The molecule has 0 heterocycles. The molecule has 0 aliphatic heterocycles. The lowest BCUT2D eigenvalue weighted by Gasteiger charge is -2.07. The Balaban J connectivity index is 2.92. The summed E-state index contributed by atoms with van der Waals surface area (Å²) in [5, 5.41) is 1.21. The highest BCUT2D eigenvalue weighted by Gasteiger charge is 2.05. The van der Waals surface area contributed by atoms with E-state index in [2.05, 4.69) is 13.8 Å². The monoisotopic (exact) mass is 201 g/mol. The van der Waals surface area contributed by atoms with Crippen LogP contribution in [0.3, 0.4) is 0 Å². The van der Waals surface area contributed by atoms with Gasteiger partial charge in [0.1, 0.15) is 0 Å². The number of hydrogen-bond acceptors (Lipinski definition) is 2. The Kier molecular flexibility index (Phi) is 3.29. The van der Waals surface area contributed by atoms with Gasteiger partial charge in [-0.15, -0.1) is 11.8 Å². The normalized spacial score (nSPS) is 10.7. The minimum atomic E-state index is 0.532. The molecule has 1 nitrogen and oxygen atoms in total. The van der Waals surface area contributed by atoms with E-state index in [9.17, 15) is 0 Å². The molecule has 3 heteroatoms. The van der Waals surface area contributed by atoms with Crippen molar-refractivity contribution < 1.29 is 0 Å². The van der Waals surface area contributed by atoms with Gasteiger partial charge in [-0.1, -0.05) is 31.5 Å². The quantitative estimate of drug-likeness (QED) is 0.586. The minimum Gasteiger partial charge on any atom is -0.397 e. The van der Waals surface area contributed by atoms with Crippen LogP contribution in [-0.4, -0.2) is 5.25 Å². The van der Waals surface area contributed by atoms with E-state index >= 15 is 0 Å². The summed E-state index contributed by atoms with van der Waals surface area (Å²) in [4.78, 5) is 1.06. The lowest BCUT2D eigenvalue weighted by Crippen LogP contribution is -1.90. The van der Waals surface area contributed by atoms with Crippen LogP contribution in [-0.2, 0) is 0 Å². The third-order valence-corrected chi connectivity index (χ3v) is 2.96. The third kappa shape index (κ3) is 2.32. The lowest BCUT2D eigenvalue weighted by atomic mass is 10.3. The van der Waals surface area contributed by atoms with Gasteiger partial charge in [-0.3, -0.25) is 0 Å². The van der Waals surface area contributed by atoms with E-state index in [4.69, 9.17) is 17.3 Å². The number of nitrogen functional groups attached to an aromatic ring is 1. The fourth-order valence-electron chi connectivity index (χ4n) is 0.873. The number of thioether (sulfide) groups is 1. The van der Waals surface area contributed by atoms with Gasteiger partial charge in [-0.05, 0) is 12.1 Å². The first-order valence-corrected chi connectivity index (χ1v) is 5.07. The molecule has 66 valence electrons. The first-order chi connectivity index (χ1) is 5.61. The number of nitrogens with two attached hydrogens (primary N) is 1. The van der Waals surface area contributed by atoms with Gasteiger partial charge in [0.25, 0.3) is 0 Å². The lowest BCUT2D eigenvalue weighted by molar-refractivity contribution is 1.11. The molecule has 0 saturated heterocycles. The molecule has 0 bridgehead atoms. The average molecular weight is 202 g/mol. The first kappa shape index (κ1) is 9.75. The van der Waals surface area contributed by atoms with Crippen molar-refractivity contribution in [2.45, 2.75) is 24.0 Å². The molecule has 0 spiro atoms. The molecule has 0 fully saturated rings. The van der Waals surface area contributed by atoms with E-state index in [1.807, 2.05) is 18.2 Å². The predicted octanol–water partition coefficient (Wildman–Crippen LogP) is 3.42. The molecule has 1 aromatic rings. The number of halogens is 1. The summed E-state index contributed by atoms with van der Waals surface area (Å²) in [6, 6.07) is 5.72. The molecular formula is C9H12ClNS. The molecule has 0 aliphatic carbocycles. The van der Waals surface area contributed by atoms with Gasteiger partial charge < -0.3 is 5.73 Å². The van der Waals surface area contributed by atoms with Crippen LogP contribution in [0.1, 0.15) is 13.8 Å². The van der Waals surface area contributed by atoms with Crippen molar-refractivity contribution in [1.29, 1.82) is 0 Å². The van der Waals surface area contributed by atoms with E-state index in [1.165, 1.54) is 0 Å². The Morgan fingerprint density at radius 1 is 1.42 bits per heavy atom. The van der Waals surface area contributed by atoms with Crippen molar-refractivity contribution in [3.63, 3.8) is 0 Å². The molecule has 0 unspecified atom stereocenters.